The van der Waals surface area contributed by atoms with Crippen molar-refractivity contribution >= 4 is 39.0 Å². The molecule has 23 heavy (non-hydrogen) atoms. The molecule has 2 aromatic heterocycles. The summed E-state index contributed by atoms with van der Waals surface area (Å²) in [7, 11) is 0. The van der Waals surface area contributed by atoms with Gasteiger partial charge in [-0.15, -0.1) is 11.3 Å². The molecule has 0 atom stereocenters. The topological polar surface area (TPSA) is 118 Å². The molecule has 0 aliphatic rings. The molecule has 0 saturated heterocycles. The summed E-state index contributed by atoms with van der Waals surface area (Å²) in [5.41, 5.74) is 13.3. The van der Waals surface area contributed by atoms with Crippen molar-refractivity contribution in [3.8, 4) is 6.07 Å². The van der Waals surface area contributed by atoms with Crippen LogP contribution in [-0.4, -0.2) is 10.9 Å². The Hall–Kier alpha value is -3.11. The van der Waals surface area contributed by atoms with Gasteiger partial charge < -0.3 is 16.8 Å². The number of benzene rings is 1. The lowest BCUT2D eigenvalue weighted by atomic mass is 10.2. The van der Waals surface area contributed by atoms with E-state index in [9.17, 15) is 4.79 Å². The predicted octanol–water partition coefficient (Wildman–Crippen LogP) is 2.26. The molecule has 0 bridgehead atoms. The number of nitriles is 1. The molecule has 1 amide bonds. The van der Waals surface area contributed by atoms with Crippen LogP contribution in [0.3, 0.4) is 0 Å². The fourth-order valence-electron chi connectivity index (χ4n) is 2.17. The number of hydrogen-bond donors (Lipinski definition) is 3. The van der Waals surface area contributed by atoms with E-state index in [4.69, 9.17) is 16.7 Å². The Morgan fingerprint density at radius 2 is 2.04 bits per heavy atom. The van der Waals surface area contributed by atoms with E-state index in [1.165, 1.54) is 0 Å². The van der Waals surface area contributed by atoms with E-state index in [-0.39, 0.29) is 17.3 Å². The molecule has 3 rings (SSSR count). The number of aromatic nitrogens is 1. The van der Waals surface area contributed by atoms with Gasteiger partial charge in [0.1, 0.15) is 21.6 Å². The number of nitrogen functional groups attached to an aromatic ring is 2. The molecule has 3 aromatic rings. The lowest BCUT2D eigenvalue weighted by Gasteiger charge is -2.04. The molecule has 5 N–H and O–H groups in total. The number of nitrogens with zero attached hydrogens (tertiary/aromatic N) is 2. The molecule has 0 radical (unpaired) electrons. The maximum absolute atomic E-state index is 12.3. The summed E-state index contributed by atoms with van der Waals surface area (Å²) in [6, 6.07) is 13.1. The van der Waals surface area contributed by atoms with Gasteiger partial charge in [-0.05, 0) is 11.6 Å². The van der Waals surface area contributed by atoms with Crippen molar-refractivity contribution in [1.29, 1.82) is 5.26 Å². The van der Waals surface area contributed by atoms with Crippen LogP contribution in [0.5, 0.6) is 0 Å². The van der Waals surface area contributed by atoms with Crippen molar-refractivity contribution in [2.24, 2.45) is 0 Å². The average Bonchev–Trinajstić information content (AvgIpc) is 2.89. The van der Waals surface area contributed by atoms with Crippen LogP contribution in [0, 0.1) is 11.3 Å². The Kier molecular flexibility index (Phi) is 3.83. The minimum absolute atomic E-state index is 0.137. The Bertz CT molecular complexity index is 927. The maximum atomic E-state index is 12.3. The van der Waals surface area contributed by atoms with Crippen molar-refractivity contribution in [1.82, 2.24) is 10.3 Å². The highest BCUT2D eigenvalue weighted by Gasteiger charge is 2.18. The standard InChI is InChI=1S/C16H13N5OS/c17-7-10-6-11-12(18)13(23-16(11)21-14(10)19)15(22)20-8-9-4-2-1-3-5-9/h1-6H,8,18H2,(H2,19,21)(H,20,22). The fourth-order valence-corrected chi connectivity index (χ4v) is 3.17. The molecular formula is C16H13N5OS. The summed E-state index contributed by atoms with van der Waals surface area (Å²) >= 11 is 1.16. The number of rotatable bonds is 3. The first-order valence-electron chi connectivity index (χ1n) is 6.81. The van der Waals surface area contributed by atoms with Crippen LogP contribution in [0.4, 0.5) is 11.5 Å². The maximum Gasteiger partial charge on any atom is 0.263 e. The van der Waals surface area contributed by atoms with Crippen LogP contribution < -0.4 is 16.8 Å². The Morgan fingerprint density at radius 1 is 1.30 bits per heavy atom. The third-order valence-electron chi connectivity index (χ3n) is 3.37. The van der Waals surface area contributed by atoms with Gasteiger partial charge in [0.25, 0.3) is 5.91 Å². The number of thiophene rings is 1. The lowest BCUT2D eigenvalue weighted by Crippen LogP contribution is -2.22. The largest absolute Gasteiger partial charge is 0.397 e. The SMILES string of the molecule is N#Cc1cc2c(N)c(C(=O)NCc3ccccc3)sc2nc1N. The van der Waals surface area contributed by atoms with Crippen molar-refractivity contribution in [3.05, 3.63) is 52.4 Å². The summed E-state index contributed by atoms with van der Waals surface area (Å²) in [5, 5.41) is 12.4. The summed E-state index contributed by atoms with van der Waals surface area (Å²) in [5.74, 6) is -0.135. The second-order valence-corrected chi connectivity index (χ2v) is 5.90. The van der Waals surface area contributed by atoms with Crippen LogP contribution in [0.1, 0.15) is 20.8 Å². The molecule has 7 heteroatoms. The highest BCUT2D eigenvalue weighted by Crippen LogP contribution is 2.34. The molecule has 6 nitrogen and oxygen atoms in total. The first-order chi connectivity index (χ1) is 11.1. The molecule has 0 aliphatic carbocycles. The zero-order chi connectivity index (χ0) is 16.4. The van der Waals surface area contributed by atoms with Crippen LogP contribution in [0.2, 0.25) is 0 Å². The van der Waals surface area contributed by atoms with E-state index in [2.05, 4.69) is 10.3 Å². The van der Waals surface area contributed by atoms with E-state index < -0.39 is 0 Å². The number of nitrogens with one attached hydrogen (secondary N) is 1. The van der Waals surface area contributed by atoms with E-state index >= 15 is 0 Å². The number of amides is 1. The Labute approximate surface area is 136 Å². The molecular weight excluding hydrogens is 310 g/mol. The zero-order valence-electron chi connectivity index (χ0n) is 12.0. The minimum Gasteiger partial charge on any atom is -0.397 e. The highest BCUT2D eigenvalue weighted by molar-refractivity contribution is 7.21. The van der Waals surface area contributed by atoms with Gasteiger partial charge in [0.05, 0.1) is 11.3 Å². The Morgan fingerprint density at radius 3 is 2.74 bits per heavy atom. The van der Waals surface area contributed by atoms with Crippen LogP contribution in [0.15, 0.2) is 36.4 Å². The van der Waals surface area contributed by atoms with Gasteiger partial charge in [0, 0.05) is 11.9 Å². The fraction of sp³-hybridized carbons (Fsp3) is 0.0625. The van der Waals surface area contributed by atoms with E-state index in [1.807, 2.05) is 36.4 Å². The van der Waals surface area contributed by atoms with E-state index in [0.29, 0.717) is 27.3 Å². The van der Waals surface area contributed by atoms with Crippen LogP contribution in [-0.2, 0) is 6.54 Å². The normalized spacial score (nSPS) is 10.4. The van der Waals surface area contributed by atoms with E-state index in [1.54, 1.807) is 6.07 Å². The number of carbonyl (C=O) groups excluding carboxylic acids is 1. The van der Waals surface area contributed by atoms with E-state index in [0.717, 1.165) is 16.9 Å². The first kappa shape index (κ1) is 14.8. The average molecular weight is 323 g/mol. The van der Waals surface area contributed by atoms with Crippen molar-refractivity contribution in [2.75, 3.05) is 11.5 Å². The third-order valence-corrected chi connectivity index (χ3v) is 4.49. The zero-order valence-corrected chi connectivity index (χ0v) is 12.9. The smallest absolute Gasteiger partial charge is 0.263 e. The van der Waals surface area contributed by atoms with Crippen molar-refractivity contribution in [3.63, 3.8) is 0 Å². The molecule has 2 heterocycles. The van der Waals surface area contributed by atoms with Gasteiger partial charge in [0.2, 0.25) is 0 Å². The molecule has 0 unspecified atom stereocenters. The van der Waals surface area contributed by atoms with Crippen LogP contribution >= 0.6 is 11.3 Å². The number of pyridine rings is 1. The quantitative estimate of drug-likeness (QED) is 0.683. The molecule has 1 aromatic carbocycles. The van der Waals surface area contributed by atoms with Gasteiger partial charge in [-0.25, -0.2) is 4.98 Å². The number of carbonyl (C=O) groups is 1. The highest BCUT2D eigenvalue weighted by atomic mass is 32.1. The lowest BCUT2D eigenvalue weighted by molar-refractivity contribution is 0.0956. The first-order valence-corrected chi connectivity index (χ1v) is 7.62. The number of hydrogen-bond acceptors (Lipinski definition) is 6. The van der Waals surface area contributed by atoms with Gasteiger partial charge in [0.15, 0.2) is 0 Å². The summed E-state index contributed by atoms with van der Waals surface area (Å²) < 4.78 is 0. The summed E-state index contributed by atoms with van der Waals surface area (Å²) in [4.78, 5) is 17.4. The summed E-state index contributed by atoms with van der Waals surface area (Å²) in [6.45, 7) is 0.409. The van der Waals surface area contributed by atoms with Gasteiger partial charge >= 0.3 is 0 Å². The number of nitrogens with two attached hydrogens (primary N) is 2. The van der Waals surface area contributed by atoms with Crippen molar-refractivity contribution in [2.45, 2.75) is 6.54 Å². The monoisotopic (exact) mass is 323 g/mol. The molecule has 0 saturated carbocycles. The summed E-state index contributed by atoms with van der Waals surface area (Å²) in [6.07, 6.45) is 0. The van der Waals surface area contributed by atoms with Crippen LogP contribution in [0.25, 0.3) is 10.2 Å². The van der Waals surface area contributed by atoms with Gasteiger partial charge in [-0.2, -0.15) is 5.26 Å². The molecule has 0 fully saturated rings. The predicted molar refractivity (Wildman–Crippen MR) is 90.8 cm³/mol. The molecule has 114 valence electrons. The number of fused-ring (bicyclic) bond motifs is 1. The Balaban J connectivity index is 1.89. The minimum atomic E-state index is -0.272. The van der Waals surface area contributed by atoms with Gasteiger partial charge in [-0.1, -0.05) is 30.3 Å². The second-order valence-electron chi connectivity index (χ2n) is 4.90. The molecule has 0 spiro atoms. The van der Waals surface area contributed by atoms with Crippen molar-refractivity contribution < 1.29 is 4.79 Å². The molecule has 0 aliphatic heterocycles. The number of anilines is 2. The third kappa shape index (κ3) is 2.80. The second kappa shape index (κ2) is 5.94. The van der Waals surface area contributed by atoms with Gasteiger partial charge in [-0.3, -0.25) is 4.79 Å².